The molecule has 0 radical (unpaired) electrons. The van der Waals surface area contributed by atoms with Gasteiger partial charge in [0.05, 0.1) is 5.75 Å². The van der Waals surface area contributed by atoms with Gasteiger partial charge in [0.2, 0.25) is 5.91 Å². The maximum Gasteiger partial charge on any atom is 0.264 e. The Labute approximate surface area is 123 Å². The average Bonchev–Trinajstić information content (AvgIpc) is 2.36. The van der Waals surface area contributed by atoms with Gasteiger partial charge in [-0.1, -0.05) is 64.9 Å². The number of carbonyl (C=O) groups excluding carboxylic acids is 1. The molecule has 0 fully saturated rings. The zero-order chi connectivity index (χ0) is 15.9. The van der Waals surface area contributed by atoms with Crippen molar-refractivity contribution in [2.45, 2.75) is 64.7 Å². The van der Waals surface area contributed by atoms with Crippen molar-refractivity contribution >= 4 is 16.0 Å². The van der Waals surface area contributed by atoms with E-state index in [1.165, 1.54) is 38.5 Å². The molecule has 20 heavy (non-hydrogen) atoms. The van der Waals surface area contributed by atoms with E-state index in [0.717, 1.165) is 18.9 Å². The fraction of sp³-hybridized carbons (Fsp3) is 0.786. The Hall–Kier alpha value is -0.880. The molecule has 5 nitrogen and oxygen atoms in total. The summed E-state index contributed by atoms with van der Waals surface area (Å²) in [6, 6.07) is 0. The van der Waals surface area contributed by atoms with Crippen LogP contribution in [0.2, 0.25) is 0 Å². The molecule has 0 heterocycles. The molecule has 120 valence electrons. The van der Waals surface area contributed by atoms with Crippen molar-refractivity contribution in [2.75, 3.05) is 5.75 Å². The zero-order valence-corrected chi connectivity index (χ0v) is 13.3. The van der Waals surface area contributed by atoms with Crippen LogP contribution in [0.15, 0.2) is 12.7 Å². The van der Waals surface area contributed by atoms with E-state index in [2.05, 4.69) is 19.2 Å². The van der Waals surface area contributed by atoms with Gasteiger partial charge in [-0.25, -0.2) is 0 Å². The Kier molecular flexibility index (Phi) is 15.6. The molecule has 0 spiro atoms. The molecule has 6 heteroatoms. The molecule has 0 saturated carbocycles. The summed E-state index contributed by atoms with van der Waals surface area (Å²) in [6.45, 7) is 5.29. The first-order valence-electron chi connectivity index (χ1n) is 7.20. The highest BCUT2D eigenvalue weighted by Gasteiger charge is 2.02. The number of amides is 1. The van der Waals surface area contributed by atoms with Crippen molar-refractivity contribution < 1.29 is 17.8 Å². The zero-order valence-electron chi connectivity index (χ0n) is 12.5. The fourth-order valence-electron chi connectivity index (χ4n) is 1.60. The number of unbranched alkanes of at least 4 members (excludes halogenated alkanes) is 8. The first kappa shape index (κ1) is 21.4. The van der Waals surface area contributed by atoms with Crippen LogP contribution in [-0.4, -0.2) is 24.6 Å². The van der Waals surface area contributed by atoms with E-state index in [0.29, 0.717) is 6.42 Å². The van der Waals surface area contributed by atoms with Crippen molar-refractivity contribution in [3.63, 3.8) is 0 Å². The SMILES string of the molecule is C=CC(N)=O.CCCCCCCCCCCS(=O)(=O)O. The highest BCUT2D eigenvalue weighted by atomic mass is 32.2. The van der Waals surface area contributed by atoms with Crippen LogP contribution in [0.4, 0.5) is 0 Å². The van der Waals surface area contributed by atoms with E-state index in [4.69, 9.17) is 4.55 Å². The van der Waals surface area contributed by atoms with Gasteiger partial charge in [0.25, 0.3) is 10.1 Å². The summed E-state index contributed by atoms with van der Waals surface area (Å²) in [5, 5.41) is 0. The molecule has 0 aromatic carbocycles. The number of primary amides is 1. The second kappa shape index (κ2) is 14.5. The van der Waals surface area contributed by atoms with Gasteiger partial charge in [-0.15, -0.1) is 0 Å². The normalized spacial score (nSPS) is 10.5. The van der Waals surface area contributed by atoms with Gasteiger partial charge in [-0.3, -0.25) is 9.35 Å². The molecule has 3 N–H and O–H groups in total. The summed E-state index contributed by atoms with van der Waals surface area (Å²) in [7, 11) is -3.73. The molecule has 0 aliphatic rings. The molecule has 0 saturated heterocycles. The number of hydrogen-bond acceptors (Lipinski definition) is 3. The van der Waals surface area contributed by atoms with Gasteiger partial charge < -0.3 is 5.73 Å². The van der Waals surface area contributed by atoms with Crippen LogP contribution in [-0.2, 0) is 14.9 Å². The number of carbonyl (C=O) groups is 1. The minimum absolute atomic E-state index is 0.0805. The van der Waals surface area contributed by atoms with E-state index >= 15 is 0 Å². The van der Waals surface area contributed by atoms with Gasteiger partial charge in [-0.2, -0.15) is 8.42 Å². The van der Waals surface area contributed by atoms with Gasteiger partial charge in [-0.05, 0) is 12.5 Å². The maximum atomic E-state index is 10.4. The van der Waals surface area contributed by atoms with E-state index in [1.807, 2.05) is 0 Å². The summed E-state index contributed by atoms with van der Waals surface area (Å²) < 4.78 is 29.3. The van der Waals surface area contributed by atoms with Crippen LogP contribution in [0.25, 0.3) is 0 Å². The van der Waals surface area contributed by atoms with Crippen molar-refractivity contribution in [3.8, 4) is 0 Å². The fourth-order valence-corrected chi connectivity index (χ4v) is 2.16. The quantitative estimate of drug-likeness (QED) is 0.348. The third-order valence-corrected chi connectivity index (χ3v) is 3.51. The highest BCUT2D eigenvalue weighted by molar-refractivity contribution is 7.85. The van der Waals surface area contributed by atoms with E-state index < -0.39 is 16.0 Å². The summed E-state index contributed by atoms with van der Waals surface area (Å²) in [4.78, 5) is 9.47. The lowest BCUT2D eigenvalue weighted by Crippen LogP contribution is -2.04. The summed E-state index contributed by atoms with van der Waals surface area (Å²) in [6.07, 6.45) is 11.3. The molecule has 0 aromatic heterocycles. The molecule has 0 aliphatic heterocycles. The lowest BCUT2D eigenvalue weighted by atomic mass is 10.1. The Morgan fingerprint density at radius 1 is 1.05 bits per heavy atom. The minimum Gasteiger partial charge on any atom is -0.366 e. The first-order chi connectivity index (χ1) is 9.33. The number of rotatable bonds is 11. The maximum absolute atomic E-state index is 10.4. The summed E-state index contributed by atoms with van der Waals surface area (Å²) >= 11 is 0. The average molecular weight is 307 g/mol. The molecule has 0 rings (SSSR count). The van der Waals surface area contributed by atoms with Gasteiger partial charge in [0, 0.05) is 0 Å². The molecule has 0 aromatic rings. The smallest absolute Gasteiger partial charge is 0.264 e. The predicted octanol–water partition coefficient (Wildman–Crippen LogP) is 3.06. The highest BCUT2D eigenvalue weighted by Crippen LogP contribution is 2.09. The molecule has 0 atom stereocenters. The van der Waals surface area contributed by atoms with Gasteiger partial charge in [0.15, 0.2) is 0 Å². The van der Waals surface area contributed by atoms with E-state index in [9.17, 15) is 13.2 Å². The van der Waals surface area contributed by atoms with Gasteiger partial charge in [0.1, 0.15) is 0 Å². The third kappa shape index (κ3) is 25.8. The van der Waals surface area contributed by atoms with E-state index in [-0.39, 0.29) is 5.75 Å². The Morgan fingerprint density at radius 2 is 1.40 bits per heavy atom. The standard InChI is InChI=1S/C11H24O3S.C3H5NO/c1-2-3-4-5-6-7-8-9-10-11-15(12,13)14;1-2-3(4)5/h2-11H2,1H3,(H,12,13,14);2H,1H2,(H2,4,5). The molecule has 0 aliphatic carbocycles. The third-order valence-electron chi connectivity index (χ3n) is 2.71. The van der Waals surface area contributed by atoms with Gasteiger partial charge >= 0.3 is 0 Å². The van der Waals surface area contributed by atoms with Crippen LogP contribution in [0.3, 0.4) is 0 Å². The largest absolute Gasteiger partial charge is 0.366 e. The minimum atomic E-state index is -3.73. The molecular formula is C14H29NO4S. The van der Waals surface area contributed by atoms with Crippen LogP contribution in [0, 0.1) is 0 Å². The topological polar surface area (TPSA) is 97.5 Å². The van der Waals surface area contributed by atoms with Crippen LogP contribution in [0.1, 0.15) is 64.7 Å². The molecule has 1 amide bonds. The molecule has 0 unspecified atom stereocenters. The number of hydrogen-bond donors (Lipinski definition) is 2. The van der Waals surface area contributed by atoms with Crippen LogP contribution >= 0.6 is 0 Å². The first-order valence-corrected chi connectivity index (χ1v) is 8.81. The second-order valence-electron chi connectivity index (χ2n) is 4.72. The molecule has 0 bridgehead atoms. The van der Waals surface area contributed by atoms with Crippen molar-refractivity contribution in [2.24, 2.45) is 5.73 Å². The summed E-state index contributed by atoms with van der Waals surface area (Å²) in [5.74, 6) is -0.562. The second-order valence-corrected chi connectivity index (χ2v) is 6.29. The number of nitrogens with two attached hydrogens (primary N) is 1. The van der Waals surface area contributed by atoms with Crippen molar-refractivity contribution in [1.29, 1.82) is 0 Å². The van der Waals surface area contributed by atoms with Crippen molar-refractivity contribution in [3.05, 3.63) is 12.7 Å². The van der Waals surface area contributed by atoms with E-state index in [1.54, 1.807) is 0 Å². The van der Waals surface area contributed by atoms with Crippen molar-refractivity contribution in [1.82, 2.24) is 0 Å². The lowest BCUT2D eigenvalue weighted by Gasteiger charge is -2.00. The van der Waals surface area contributed by atoms with Crippen LogP contribution < -0.4 is 5.73 Å². The Balaban J connectivity index is 0. The molecular weight excluding hydrogens is 278 g/mol. The monoisotopic (exact) mass is 307 g/mol. The summed E-state index contributed by atoms with van der Waals surface area (Å²) in [5.41, 5.74) is 4.53. The Morgan fingerprint density at radius 3 is 1.70 bits per heavy atom. The Bertz CT molecular complexity index is 339. The predicted molar refractivity (Wildman–Crippen MR) is 83.0 cm³/mol. The lowest BCUT2D eigenvalue weighted by molar-refractivity contribution is -0.113. The van der Waals surface area contributed by atoms with Crippen LogP contribution in [0.5, 0.6) is 0 Å².